The van der Waals surface area contributed by atoms with E-state index >= 15 is 0 Å². The number of hydrogen-bond donors (Lipinski definition) is 0. The number of carbonyl (C=O) groups excluding carboxylic acids is 1. The Morgan fingerprint density at radius 1 is 1.50 bits per heavy atom. The van der Waals surface area contributed by atoms with Crippen LogP contribution in [0.5, 0.6) is 0 Å². The van der Waals surface area contributed by atoms with Gasteiger partial charge in [-0.1, -0.05) is 22.0 Å². The van der Waals surface area contributed by atoms with Gasteiger partial charge in [-0.3, -0.25) is 0 Å². The van der Waals surface area contributed by atoms with E-state index in [2.05, 4.69) is 20.7 Å². The standard InChI is InChI=1S/C7H9BrO2/c1-6(5-8)3-4-7(9)10-2/h3-5H,1-2H3. The summed E-state index contributed by atoms with van der Waals surface area (Å²) in [6, 6.07) is 0. The molecule has 0 aromatic heterocycles. The van der Waals surface area contributed by atoms with Gasteiger partial charge in [-0.15, -0.1) is 0 Å². The fourth-order valence-electron chi connectivity index (χ4n) is 0.304. The molecule has 0 N–H and O–H groups in total. The first kappa shape index (κ1) is 9.43. The molecule has 0 aromatic rings. The average molecular weight is 205 g/mol. The van der Waals surface area contributed by atoms with Crippen molar-refractivity contribution in [3.05, 3.63) is 22.7 Å². The first-order valence-electron chi connectivity index (χ1n) is 2.73. The molecule has 10 heavy (non-hydrogen) atoms. The number of allylic oxidation sites excluding steroid dienone is 2. The third-order valence-electron chi connectivity index (χ3n) is 0.856. The molecule has 0 aliphatic heterocycles. The van der Waals surface area contributed by atoms with Crippen molar-refractivity contribution in [3.63, 3.8) is 0 Å². The molecule has 2 nitrogen and oxygen atoms in total. The molecular formula is C7H9BrO2. The zero-order valence-corrected chi connectivity index (χ0v) is 7.51. The van der Waals surface area contributed by atoms with Gasteiger partial charge in [0.25, 0.3) is 0 Å². The molecule has 56 valence electrons. The van der Waals surface area contributed by atoms with Crippen molar-refractivity contribution in [1.82, 2.24) is 0 Å². The summed E-state index contributed by atoms with van der Waals surface area (Å²) in [7, 11) is 1.35. The number of hydrogen-bond acceptors (Lipinski definition) is 2. The minimum absolute atomic E-state index is 0.339. The highest BCUT2D eigenvalue weighted by atomic mass is 79.9. The lowest BCUT2D eigenvalue weighted by Crippen LogP contribution is -1.93. The zero-order chi connectivity index (χ0) is 7.98. The van der Waals surface area contributed by atoms with Crippen molar-refractivity contribution in [1.29, 1.82) is 0 Å². The lowest BCUT2D eigenvalue weighted by atomic mass is 10.3. The summed E-state index contributed by atoms with van der Waals surface area (Å²) in [4.78, 5) is 12.2. The Morgan fingerprint density at radius 2 is 2.10 bits per heavy atom. The van der Waals surface area contributed by atoms with Crippen molar-refractivity contribution in [2.24, 2.45) is 0 Å². The number of ether oxygens (including phenoxy) is 1. The Bertz CT molecular complexity index is 170. The maximum absolute atomic E-state index is 10.5. The minimum Gasteiger partial charge on any atom is -0.466 e. The average Bonchev–Trinajstić information content (AvgIpc) is 1.99. The van der Waals surface area contributed by atoms with Crippen LogP contribution in [0, 0.1) is 0 Å². The fraction of sp³-hybridized carbons (Fsp3) is 0.286. The molecule has 0 saturated carbocycles. The highest BCUT2D eigenvalue weighted by Crippen LogP contribution is 1.98. The van der Waals surface area contributed by atoms with Gasteiger partial charge in [-0.25, -0.2) is 4.79 Å². The first-order chi connectivity index (χ1) is 4.70. The van der Waals surface area contributed by atoms with Crippen molar-refractivity contribution in [3.8, 4) is 0 Å². The summed E-state index contributed by atoms with van der Waals surface area (Å²) in [5.41, 5.74) is 0.963. The number of halogens is 1. The van der Waals surface area contributed by atoms with E-state index in [0.29, 0.717) is 0 Å². The summed E-state index contributed by atoms with van der Waals surface area (Å²) in [5, 5.41) is 0. The number of esters is 1. The van der Waals surface area contributed by atoms with Gasteiger partial charge in [0, 0.05) is 6.08 Å². The van der Waals surface area contributed by atoms with E-state index in [9.17, 15) is 4.79 Å². The van der Waals surface area contributed by atoms with E-state index < -0.39 is 0 Å². The van der Waals surface area contributed by atoms with Gasteiger partial charge in [-0.2, -0.15) is 0 Å². The predicted molar refractivity (Wildman–Crippen MR) is 43.8 cm³/mol. The van der Waals surface area contributed by atoms with Crippen LogP contribution in [0.4, 0.5) is 0 Å². The molecule has 0 rings (SSSR count). The van der Waals surface area contributed by atoms with Crippen molar-refractivity contribution in [2.45, 2.75) is 6.92 Å². The largest absolute Gasteiger partial charge is 0.466 e. The van der Waals surface area contributed by atoms with Crippen LogP contribution in [0.25, 0.3) is 0 Å². The van der Waals surface area contributed by atoms with E-state index in [4.69, 9.17) is 0 Å². The van der Waals surface area contributed by atoms with Crippen LogP contribution in [0.2, 0.25) is 0 Å². The molecule has 0 amide bonds. The maximum atomic E-state index is 10.5. The van der Waals surface area contributed by atoms with Crippen LogP contribution < -0.4 is 0 Å². The van der Waals surface area contributed by atoms with Crippen LogP contribution in [0.1, 0.15) is 6.92 Å². The minimum atomic E-state index is -0.339. The summed E-state index contributed by atoms with van der Waals surface area (Å²) in [6.45, 7) is 1.87. The summed E-state index contributed by atoms with van der Waals surface area (Å²) < 4.78 is 4.38. The number of rotatable bonds is 2. The third kappa shape index (κ3) is 4.32. The van der Waals surface area contributed by atoms with Crippen molar-refractivity contribution in [2.75, 3.05) is 7.11 Å². The van der Waals surface area contributed by atoms with Crippen LogP contribution in [0.15, 0.2) is 22.7 Å². The Kier molecular flexibility index (Phi) is 4.94. The van der Waals surface area contributed by atoms with Gasteiger partial charge in [0.2, 0.25) is 0 Å². The van der Waals surface area contributed by atoms with E-state index in [1.165, 1.54) is 13.2 Å². The monoisotopic (exact) mass is 204 g/mol. The normalized spacial score (nSPS) is 12.1. The fourth-order valence-corrected chi connectivity index (χ4v) is 0.457. The van der Waals surface area contributed by atoms with E-state index in [0.717, 1.165) is 5.57 Å². The highest BCUT2D eigenvalue weighted by Gasteiger charge is 1.88. The van der Waals surface area contributed by atoms with Crippen LogP contribution >= 0.6 is 15.9 Å². The molecule has 0 unspecified atom stereocenters. The highest BCUT2D eigenvalue weighted by molar-refractivity contribution is 9.11. The molecule has 0 aromatic carbocycles. The lowest BCUT2D eigenvalue weighted by molar-refractivity contribution is -0.134. The molecule has 0 spiro atoms. The Morgan fingerprint density at radius 3 is 2.50 bits per heavy atom. The summed E-state index contributed by atoms with van der Waals surface area (Å²) in [5.74, 6) is -0.339. The smallest absolute Gasteiger partial charge is 0.330 e. The van der Waals surface area contributed by atoms with Gasteiger partial charge in [0.1, 0.15) is 0 Å². The lowest BCUT2D eigenvalue weighted by Gasteiger charge is -1.88. The topological polar surface area (TPSA) is 26.3 Å². The first-order valence-corrected chi connectivity index (χ1v) is 3.65. The van der Waals surface area contributed by atoms with Gasteiger partial charge < -0.3 is 4.74 Å². The van der Waals surface area contributed by atoms with E-state index in [-0.39, 0.29) is 5.97 Å². The Labute approximate surface area is 68.7 Å². The molecule has 0 bridgehead atoms. The van der Waals surface area contributed by atoms with Gasteiger partial charge >= 0.3 is 5.97 Å². The SMILES string of the molecule is COC(=O)C=CC(C)=CBr. The van der Waals surface area contributed by atoms with Crippen molar-refractivity contribution >= 4 is 21.9 Å². The Balaban J connectivity index is 3.88. The van der Waals surface area contributed by atoms with Crippen LogP contribution in [-0.2, 0) is 9.53 Å². The summed E-state index contributed by atoms with van der Waals surface area (Å²) >= 11 is 3.12. The third-order valence-corrected chi connectivity index (χ3v) is 1.58. The van der Waals surface area contributed by atoms with Gasteiger partial charge in [0.05, 0.1) is 7.11 Å². The predicted octanol–water partition coefficient (Wildman–Crippen LogP) is 2.01. The van der Waals surface area contributed by atoms with E-state index in [1.807, 2.05) is 6.92 Å². The van der Waals surface area contributed by atoms with Crippen LogP contribution in [0.3, 0.4) is 0 Å². The van der Waals surface area contributed by atoms with Gasteiger partial charge in [0.15, 0.2) is 0 Å². The molecule has 0 fully saturated rings. The molecule has 0 aliphatic rings. The van der Waals surface area contributed by atoms with Crippen molar-refractivity contribution < 1.29 is 9.53 Å². The second-order valence-corrected chi connectivity index (χ2v) is 2.17. The quantitative estimate of drug-likeness (QED) is 0.391. The molecule has 0 saturated heterocycles. The number of methoxy groups -OCH3 is 1. The van der Waals surface area contributed by atoms with Crippen LogP contribution in [-0.4, -0.2) is 13.1 Å². The maximum Gasteiger partial charge on any atom is 0.330 e. The van der Waals surface area contributed by atoms with Gasteiger partial charge in [-0.05, 0) is 17.5 Å². The van der Waals surface area contributed by atoms with E-state index in [1.54, 1.807) is 11.1 Å². The summed E-state index contributed by atoms with van der Waals surface area (Å²) in [6.07, 6.45) is 3.04. The molecule has 0 aliphatic carbocycles. The molecular weight excluding hydrogens is 196 g/mol. The zero-order valence-electron chi connectivity index (χ0n) is 5.93. The Hall–Kier alpha value is -0.570. The molecule has 0 atom stereocenters. The second kappa shape index (κ2) is 5.23. The number of carbonyl (C=O) groups is 1. The second-order valence-electron chi connectivity index (χ2n) is 1.71. The molecule has 0 radical (unpaired) electrons. The molecule has 3 heteroatoms. The molecule has 0 heterocycles.